The first-order chi connectivity index (χ1) is 23.5. The predicted molar refractivity (Wildman–Crippen MR) is 197 cm³/mol. The molecule has 0 bridgehead atoms. The van der Waals surface area contributed by atoms with Gasteiger partial charge in [-0.2, -0.15) is 0 Å². The lowest BCUT2D eigenvalue weighted by atomic mass is 10.2. The van der Waals surface area contributed by atoms with Crippen molar-refractivity contribution < 1.29 is 19.1 Å². The molecular formula is C36H26N4O4S4. The van der Waals surface area contributed by atoms with Crippen molar-refractivity contribution in [1.29, 1.82) is 0 Å². The van der Waals surface area contributed by atoms with Gasteiger partial charge in [0.25, 0.3) is 0 Å². The first kappa shape index (κ1) is 31.7. The molecule has 8 nitrogen and oxygen atoms in total. The lowest BCUT2D eigenvalue weighted by molar-refractivity contribution is -0.114. The van der Waals surface area contributed by atoms with Crippen LogP contribution in [0.3, 0.4) is 0 Å². The second-order valence-corrected chi connectivity index (χ2v) is 14.8. The number of nitrogens with one attached hydrogen (secondary N) is 2. The van der Waals surface area contributed by atoms with Gasteiger partial charge in [-0.25, -0.2) is 9.97 Å². The maximum atomic E-state index is 12.5. The summed E-state index contributed by atoms with van der Waals surface area (Å²) in [6.07, 6.45) is 0. The number of thioether (sulfide) groups is 2. The summed E-state index contributed by atoms with van der Waals surface area (Å²) in [5.41, 5.74) is 3.26. The highest BCUT2D eigenvalue weighted by molar-refractivity contribution is 8.02. The van der Waals surface area contributed by atoms with Gasteiger partial charge >= 0.3 is 0 Å². The molecule has 0 aliphatic heterocycles. The number of anilines is 2. The molecule has 0 atom stereocenters. The number of rotatable bonds is 12. The number of nitrogens with zero attached hydrogens (tertiary/aromatic N) is 2. The van der Waals surface area contributed by atoms with E-state index < -0.39 is 0 Å². The highest BCUT2D eigenvalue weighted by Gasteiger charge is 2.10. The number of ether oxygens (including phenoxy) is 2. The fourth-order valence-electron chi connectivity index (χ4n) is 4.56. The molecule has 0 saturated carbocycles. The van der Waals surface area contributed by atoms with Crippen molar-refractivity contribution in [3.63, 3.8) is 0 Å². The number of thiazole rings is 2. The molecular weight excluding hydrogens is 681 g/mol. The van der Waals surface area contributed by atoms with Crippen molar-refractivity contribution in [2.24, 2.45) is 0 Å². The molecule has 12 heteroatoms. The number of fused-ring (bicyclic) bond motifs is 2. The number of carbonyl (C=O) groups excluding carboxylic acids is 2. The zero-order chi connectivity index (χ0) is 32.7. The first-order valence-corrected chi connectivity index (χ1v) is 18.4. The molecule has 2 N–H and O–H groups in total. The van der Waals surface area contributed by atoms with E-state index in [1.807, 2.05) is 66.7 Å². The minimum atomic E-state index is -0.104. The van der Waals surface area contributed by atoms with E-state index in [-0.39, 0.29) is 23.3 Å². The fourth-order valence-corrected chi connectivity index (χ4v) is 8.30. The number of amides is 2. The molecule has 7 aromatic rings. The summed E-state index contributed by atoms with van der Waals surface area (Å²) >= 11 is 6.02. The van der Waals surface area contributed by atoms with E-state index >= 15 is 0 Å². The zero-order valence-electron chi connectivity index (χ0n) is 25.1. The second kappa shape index (κ2) is 14.9. The van der Waals surface area contributed by atoms with Crippen molar-refractivity contribution in [3.05, 3.63) is 121 Å². The number of carbonyl (C=O) groups is 2. The molecule has 0 aliphatic carbocycles. The lowest BCUT2D eigenvalue weighted by Crippen LogP contribution is -2.13. The Labute approximate surface area is 292 Å². The molecule has 0 saturated heterocycles. The highest BCUT2D eigenvalue weighted by atomic mass is 32.2. The third-order valence-electron chi connectivity index (χ3n) is 6.76. The van der Waals surface area contributed by atoms with Crippen molar-refractivity contribution in [2.45, 2.75) is 8.68 Å². The van der Waals surface area contributed by atoms with Gasteiger partial charge in [0, 0.05) is 17.4 Å². The van der Waals surface area contributed by atoms with Crippen LogP contribution in [-0.2, 0) is 9.59 Å². The maximum absolute atomic E-state index is 12.5. The number of benzene rings is 5. The van der Waals surface area contributed by atoms with Crippen molar-refractivity contribution in [2.75, 3.05) is 22.1 Å². The number of para-hydroxylation sites is 2. The molecule has 2 aromatic heterocycles. The molecule has 48 heavy (non-hydrogen) atoms. The highest BCUT2D eigenvalue weighted by Crippen LogP contribution is 2.32. The Morgan fingerprint density at radius 2 is 0.979 bits per heavy atom. The van der Waals surface area contributed by atoms with Crippen molar-refractivity contribution in [3.8, 4) is 23.0 Å². The van der Waals surface area contributed by atoms with Crippen LogP contribution in [0.15, 0.2) is 130 Å². The van der Waals surface area contributed by atoms with Crippen LogP contribution in [-0.4, -0.2) is 33.3 Å². The average molecular weight is 707 g/mol. The predicted octanol–water partition coefficient (Wildman–Crippen LogP) is 9.95. The van der Waals surface area contributed by atoms with E-state index in [0.717, 1.165) is 29.1 Å². The van der Waals surface area contributed by atoms with Gasteiger partial charge < -0.3 is 20.1 Å². The van der Waals surface area contributed by atoms with Crippen LogP contribution in [0.5, 0.6) is 23.0 Å². The normalized spacial score (nSPS) is 11.0. The van der Waals surface area contributed by atoms with Gasteiger partial charge in [-0.1, -0.05) is 53.9 Å². The second-order valence-electron chi connectivity index (χ2n) is 10.3. The summed E-state index contributed by atoms with van der Waals surface area (Å²) in [6.45, 7) is 0. The van der Waals surface area contributed by atoms with Gasteiger partial charge in [0.15, 0.2) is 8.68 Å². The number of hydrogen-bond acceptors (Lipinski definition) is 10. The Balaban J connectivity index is 0.868. The molecule has 0 radical (unpaired) electrons. The first-order valence-electron chi connectivity index (χ1n) is 14.7. The van der Waals surface area contributed by atoms with Crippen LogP contribution in [0.4, 0.5) is 11.4 Å². The molecule has 2 amide bonds. The van der Waals surface area contributed by atoms with Gasteiger partial charge in [-0.05, 0) is 84.9 Å². The quantitative estimate of drug-likeness (QED) is 0.121. The summed E-state index contributed by atoms with van der Waals surface area (Å²) in [7, 11) is 0. The van der Waals surface area contributed by atoms with E-state index in [2.05, 4.69) is 20.6 Å². The Kier molecular flexibility index (Phi) is 9.85. The minimum absolute atomic E-state index is 0.104. The van der Waals surface area contributed by atoms with Gasteiger partial charge in [-0.3, -0.25) is 9.59 Å². The smallest absolute Gasteiger partial charge is 0.234 e. The molecule has 0 unspecified atom stereocenters. The van der Waals surface area contributed by atoms with Crippen molar-refractivity contribution >= 4 is 89.8 Å². The molecule has 5 aromatic carbocycles. The molecule has 7 rings (SSSR count). The third kappa shape index (κ3) is 8.33. The largest absolute Gasteiger partial charge is 0.457 e. The van der Waals surface area contributed by atoms with E-state index in [1.54, 1.807) is 77.3 Å². The van der Waals surface area contributed by atoms with E-state index in [0.29, 0.717) is 34.4 Å². The Hall–Kier alpha value is -4.88. The van der Waals surface area contributed by atoms with Gasteiger partial charge in [0.2, 0.25) is 11.8 Å². The summed E-state index contributed by atoms with van der Waals surface area (Å²) in [6, 6.07) is 37.6. The Morgan fingerprint density at radius 1 is 0.542 bits per heavy atom. The Bertz CT molecular complexity index is 1980. The molecule has 0 aliphatic rings. The summed E-state index contributed by atoms with van der Waals surface area (Å²) in [4.78, 5) is 34.1. The van der Waals surface area contributed by atoms with Crippen LogP contribution in [0.1, 0.15) is 0 Å². The van der Waals surface area contributed by atoms with Crippen LogP contribution < -0.4 is 20.1 Å². The summed E-state index contributed by atoms with van der Waals surface area (Å²) < 4.78 is 16.0. The molecule has 0 fully saturated rings. The van der Waals surface area contributed by atoms with Crippen LogP contribution in [0.2, 0.25) is 0 Å². The van der Waals surface area contributed by atoms with Gasteiger partial charge in [-0.15, -0.1) is 22.7 Å². The average Bonchev–Trinajstić information content (AvgIpc) is 3.72. The monoisotopic (exact) mass is 706 g/mol. The summed E-state index contributed by atoms with van der Waals surface area (Å²) in [5, 5.41) is 5.84. The van der Waals surface area contributed by atoms with Crippen LogP contribution in [0.25, 0.3) is 20.4 Å². The SMILES string of the molecule is O=C(CSc1nc2ccccc2s1)Nc1ccc(Oc2cccc(Oc3ccc(NC(=O)CSc4nc5ccccc5s4)cc3)c2)cc1. The van der Waals surface area contributed by atoms with Gasteiger partial charge in [0.1, 0.15) is 23.0 Å². The summed E-state index contributed by atoms with van der Waals surface area (Å²) in [5.74, 6) is 2.78. The van der Waals surface area contributed by atoms with Crippen LogP contribution >= 0.6 is 46.2 Å². The maximum Gasteiger partial charge on any atom is 0.234 e. The minimum Gasteiger partial charge on any atom is -0.457 e. The third-order valence-corrected chi connectivity index (χ3v) is 11.1. The van der Waals surface area contributed by atoms with Gasteiger partial charge in [0.05, 0.1) is 31.9 Å². The molecule has 0 spiro atoms. The topological polar surface area (TPSA) is 102 Å². The molecule has 238 valence electrons. The number of hydrogen-bond donors (Lipinski definition) is 2. The fraction of sp³-hybridized carbons (Fsp3) is 0.0556. The Morgan fingerprint density at radius 3 is 1.42 bits per heavy atom. The van der Waals surface area contributed by atoms with Crippen molar-refractivity contribution in [1.82, 2.24) is 9.97 Å². The van der Waals surface area contributed by atoms with Crippen LogP contribution in [0, 0.1) is 0 Å². The van der Waals surface area contributed by atoms with E-state index in [9.17, 15) is 9.59 Å². The van der Waals surface area contributed by atoms with E-state index in [4.69, 9.17) is 9.47 Å². The van der Waals surface area contributed by atoms with E-state index in [1.165, 1.54) is 23.5 Å². The lowest BCUT2D eigenvalue weighted by Gasteiger charge is -2.11. The standard InChI is InChI=1S/C36H26N4O4S4/c41-33(21-45-35-39-29-8-1-3-10-31(29)47-35)37-23-12-16-25(17-13-23)43-27-6-5-7-28(20-27)44-26-18-14-24(15-19-26)38-34(42)22-46-36-40-30-9-2-4-11-32(30)48-36/h1-20H,21-22H2,(H,37,41)(H,38,42). The number of aromatic nitrogens is 2. The molecule has 2 heterocycles. The zero-order valence-corrected chi connectivity index (χ0v) is 28.4.